The molecule has 2 aromatic carbocycles. The summed E-state index contributed by atoms with van der Waals surface area (Å²) in [5.74, 6) is 1.46. The third kappa shape index (κ3) is 33.0. The van der Waals surface area contributed by atoms with E-state index in [1.165, 1.54) is 266 Å². The summed E-state index contributed by atoms with van der Waals surface area (Å²) in [5, 5.41) is 6.57. The summed E-state index contributed by atoms with van der Waals surface area (Å²) in [6, 6.07) is 12.7. The van der Waals surface area contributed by atoms with Crippen LogP contribution in [0.1, 0.15) is 347 Å². The maximum absolute atomic E-state index is 14.0. The Labute approximate surface area is 483 Å². The molecule has 448 valence electrons. The van der Waals surface area contributed by atoms with E-state index in [-0.39, 0.29) is 29.1 Å². The Bertz CT molecular complexity index is 1790. The summed E-state index contributed by atoms with van der Waals surface area (Å²) in [5.41, 5.74) is 4.90. The van der Waals surface area contributed by atoms with E-state index in [2.05, 4.69) is 83.4 Å². The van der Waals surface area contributed by atoms with Crippen LogP contribution in [0.15, 0.2) is 36.4 Å². The zero-order valence-electron chi connectivity index (χ0n) is 52.6. The van der Waals surface area contributed by atoms with Crippen molar-refractivity contribution in [2.45, 2.75) is 356 Å². The van der Waals surface area contributed by atoms with Crippen molar-refractivity contribution in [1.82, 2.24) is 10.6 Å². The van der Waals surface area contributed by atoms with E-state index in [0.717, 1.165) is 69.3 Å². The van der Waals surface area contributed by atoms with Gasteiger partial charge in [-0.15, -0.1) is 0 Å². The molecule has 3 rings (SSSR count). The van der Waals surface area contributed by atoms with Crippen molar-refractivity contribution in [1.29, 1.82) is 0 Å². The molecule has 0 heterocycles. The summed E-state index contributed by atoms with van der Waals surface area (Å²) in [7, 11) is 0. The van der Waals surface area contributed by atoms with Crippen LogP contribution in [0, 0.1) is 10.8 Å². The van der Waals surface area contributed by atoms with E-state index in [9.17, 15) is 9.59 Å². The van der Waals surface area contributed by atoms with Crippen LogP contribution in [0.3, 0.4) is 0 Å². The predicted octanol–water partition coefficient (Wildman–Crippen LogP) is 23.0. The number of carbonyl (C=O) groups is 2. The first kappa shape index (κ1) is 69.2. The van der Waals surface area contributed by atoms with Gasteiger partial charge in [0.05, 0.1) is 0 Å². The summed E-state index contributed by atoms with van der Waals surface area (Å²) in [4.78, 5) is 27.9. The first-order chi connectivity index (χ1) is 38.0. The fraction of sp³-hybridized carbons (Fsp3) is 0.806. The van der Waals surface area contributed by atoms with Gasteiger partial charge in [-0.3, -0.25) is 0 Å². The molecule has 1 fully saturated rings. The SMILES string of the molecule is CCCCCCCCCCCCc1cccc(OC(=O)NCC2(C)CC(NC(=O)Oc3cccc(CCCCCCCCCCCC)c3CCCCCCCCCCCC)CC(C)(C)C2)c1CCCCCCCCCCCC. The van der Waals surface area contributed by atoms with E-state index in [1.807, 2.05) is 12.1 Å². The zero-order chi connectivity index (χ0) is 56.2. The quantitative estimate of drug-likeness (QED) is 0.0648. The average molecular weight is 1080 g/mol. The molecule has 0 radical (unpaired) electrons. The maximum atomic E-state index is 14.0. The van der Waals surface area contributed by atoms with E-state index in [4.69, 9.17) is 9.47 Å². The van der Waals surface area contributed by atoms with Crippen LogP contribution < -0.4 is 20.1 Å². The Morgan fingerprint density at radius 3 is 1.06 bits per heavy atom. The normalized spacial score (nSPS) is 16.1. The lowest BCUT2D eigenvalue weighted by atomic mass is 9.62. The summed E-state index contributed by atoms with van der Waals surface area (Å²) in [6.07, 6.45) is 58.5. The molecule has 78 heavy (non-hydrogen) atoms. The second-order valence-corrected chi connectivity index (χ2v) is 26.0. The van der Waals surface area contributed by atoms with Gasteiger partial charge in [-0.1, -0.05) is 304 Å². The van der Waals surface area contributed by atoms with Gasteiger partial charge in [-0.2, -0.15) is 0 Å². The first-order valence-electron chi connectivity index (χ1n) is 34.2. The molecule has 2 atom stereocenters. The van der Waals surface area contributed by atoms with Crippen LogP contribution in [0.4, 0.5) is 9.59 Å². The third-order valence-electron chi connectivity index (χ3n) is 17.5. The Morgan fingerprint density at radius 2 is 0.718 bits per heavy atom. The average Bonchev–Trinajstić information content (AvgIpc) is 3.42. The van der Waals surface area contributed by atoms with E-state index in [0.29, 0.717) is 6.54 Å². The molecule has 2 N–H and O–H groups in total. The summed E-state index contributed by atoms with van der Waals surface area (Å²) < 4.78 is 12.6. The van der Waals surface area contributed by atoms with Gasteiger partial charge in [0.2, 0.25) is 0 Å². The highest BCUT2D eigenvalue weighted by molar-refractivity contribution is 5.72. The summed E-state index contributed by atoms with van der Waals surface area (Å²) >= 11 is 0. The predicted molar refractivity (Wildman–Crippen MR) is 338 cm³/mol. The van der Waals surface area contributed by atoms with Crippen molar-refractivity contribution >= 4 is 12.2 Å². The fourth-order valence-electron chi connectivity index (χ4n) is 13.2. The van der Waals surface area contributed by atoms with Gasteiger partial charge in [-0.25, -0.2) is 9.59 Å². The number of rotatable bonds is 49. The van der Waals surface area contributed by atoms with Crippen LogP contribution in [0.5, 0.6) is 11.5 Å². The van der Waals surface area contributed by atoms with Gasteiger partial charge < -0.3 is 20.1 Å². The molecule has 0 bridgehead atoms. The van der Waals surface area contributed by atoms with E-state index in [1.54, 1.807) is 0 Å². The number of unbranched alkanes of at least 4 members (excludes halogenated alkanes) is 36. The Hall–Kier alpha value is -3.02. The minimum atomic E-state index is -0.378. The number of hydrogen-bond acceptors (Lipinski definition) is 4. The van der Waals surface area contributed by atoms with Gasteiger partial charge in [-0.05, 0) is 116 Å². The Kier molecular flexibility index (Phi) is 39.6. The number of benzene rings is 2. The summed E-state index contributed by atoms with van der Waals surface area (Å²) in [6.45, 7) is 16.5. The minimum absolute atomic E-state index is 0.0304. The molecule has 0 saturated heterocycles. The molecule has 1 aliphatic rings. The van der Waals surface area contributed by atoms with Gasteiger partial charge in [0, 0.05) is 12.6 Å². The van der Waals surface area contributed by atoms with Crippen LogP contribution >= 0.6 is 0 Å². The van der Waals surface area contributed by atoms with E-state index < -0.39 is 0 Å². The van der Waals surface area contributed by atoms with Gasteiger partial charge in [0.15, 0.2) is 0 Å². The third-order valence-corrected chi connectivity index (χ3v) is 17.5. The number of aryl methyl sites for hydroxylation is 2. The van der Waals surface area contributed by atoms with Crippen LogP contribution in [0.2, 0.25) is 0 Å². The molecule has 0 aromatic heterocycles. The highest BCUT2D eigenvalue weighted by Gasteiger charge is 2.42. The number of hydrogen-bond donors (Lipinski definition) is 2. The van der Waals surface area contributed by atoms with Crippen LogP contribution in [0.25, 0.3) is 0 Å². The molecule has 6 heteroatoms. The molecule has 0 spiro atoms. The fourth-order valence-corrected chi connectivity index (χ4v) is 13.2. The lowest BCUT2D eigenvalue weighted by molar-refractivity contribution is 0.0701. The van der Waals surface area contributed by atoms with Crippen LogP contribution in [-0.2, 0) is 25.7 Å². The molecule has 1 saturated carbocycles. The second-order valence-electron chi connectivity index (χ2n) is 26.0. The minimum Gasteiger partial charge on any atom is -0.410 e. The highest BCUT2D eigenvalue weighted by Crippen LogP contribution is 2.46. The molecular formula is C72H126N2O4. The lowest BCUT2D eigenvalue weighted by Gasteiger charge is -2.46. The van der Waals surface area contributed by atoms with Crippen molar-refractivity contribution in [2.24, 2.45) is 10.8 Å². The van der Waals surface area contributed by atoms with Crippen molar-refractivity contribution < 1.29 is 19.1 Å². The number of carbonyl (C=O) groups excluding carboxylic acids is 2. The topological polar surface area (TPSA) is 76.7 Å². The molecule has 2 unspecified atom stereocenters. The Balaban J connectivity index is 1.61. The van der Waals surface area contributed by atoms with E-state index >= 15 is 0 Å². The van der Waals surface area contributed by atoms with Crippen molar-refractivity contribution in [3.8, 4) is 11.5 Å². The molecule has 2 amide bonds. The lowest BCUT2D eigenvalue weighted by Crippen LogP contribution is -2.51. The van der Waals surface area contributed by atoms with Crippen molar-refractivity contribution in [2.75, 3.05) is 6.54 Å². The van der Waals surface area contributed by atoms with Gasteiger partial charge >= 0.3 is 12.2 Å². The number of nitrogens with one attached hydrogen (secondary N) is 2. The maximum Gasteiger partial charge on any atom is 0.412 e. The molecular weight excluding hydrogens is 957 g/mol. The van der Waals surface area contributed by atoms with Gasteiger partial charge in [0.25, 0.3) is 0 Å². The van der Waals surface area contributed by atoms with Crippen molar-refractivity contribution in [3.63, 3.8) is 0 Å². The monoisotopic (exact) mass is 1080 g/mol. The molecule has 0 aliphatic heterocycles. The Morgan fingerprint density at radius 1 is 0.410 bits per heavy atom. The first-order valence-corrected chi connectivity index (χ1v) is 34.2. The highest BCUT2D eigenvalue weighted by atomic mass is 16.6. The number of ether oxygens (including phenoxy) is 2. The molecule has 6 nitrogen and oxygen atoms in total. The molecule has 2 aromatic rings. The molecule has 1 aliphatic carbocycles. The standard InChI is InChI=1S/C72H126N2O4/c1-8-12-16-20-24-28-32-36-40-44-50-62-52-48-56-67(65(62)54-46-42-38-34-30-26-22-18-14-10-3)77-69(75)73-61-72(7)59-64(58-71(5,6)60-72)74-70(76)78-68-57-49-53-63(51-45-41-37-33-29-25-21-17-13-9-2)66(68)55-47-43-39-35-31-27-23-19-15-11-4/h48-49,52-53,56-57,64H,8-47,50-51,54-55,58-61H2,1-7H3,(H,73,75)(H,74,76). The van der Waals surface area contributed by atoms with Crippen molar-refractivity contribution in [3.05, 3.63) is 58.7 Å². The smallest absolute Gasteiger partial charge is 0.410 e. The second kappa shape index (κ2) is 44.6. The zero-order valence-corrected chi connectivity index (χ0v) is 52.6. The van der Waals surface area contributed by atoms with Crippen LogP contribution in [-0.4, -0.2) is 24.8 Å². The number of amides is 2. The van der Waals surface area contributed by atoms with Gasteiger partial charge in [0.1, 0.15) is 11.5 Å². The largest absolute Gasteiger partial charge is 0.412 e.